The second-order valence-corrected chi connectivity index (χ2v) is 5.77. The average molecular weight is 348 g/mol. The highest BCUT2D eigenvalue weighted by Gasteiger charge is 2.19. The van der Waals surface area contributed by atoms with Gasteiger partial charge in [0.05, 0.1) is 7.11 Å². The number of para-hydroxylation sites is 2. The molecule has 2 aromatic carbocycles. The van der Waals surface area contributed by atoms with Gasteiger partial charge in [-0.1, -0.05) is 42.8 Å². The number of carbonyl (C=O) groups excluding carboxylic acids is 1. The number of amides is 1. The zero-order chi connectivity index (χ0) is 17.4. The molecule has 0 saturated carbocycles. The summed E-state index contributed by atoms with van der Waals surface area (Å²) in [6.45, 7) is 2.46. The van der Waals surface area contributed by atoms with Crippen LogP contribution in [0.4, 0.5) is 0 Å². The largest absolute Gasteiger partial charge is 0.493 e. The van der Waals surface area contributed by atoms with E-state index in [9.17, 15) is 4.79 Å². The van der Waals surface area contributed by atoms with Crippen LogP contribution in [-0.2, 0) is 11.2 Å². The Labute approximate surface area is 147 Å². The number of nitrogens with one attached hydrogen (secondary N) is 1. The van der Waals surface area contributed by atoms with Crippen LogP contribution in [0.15, 0.2) is 48.5 Å². The lowest BCUT2D eigenvalue weighted by molar-refractivity contribution is -0.128. The molecule has 1 N–H and O–H groups in total. The van der Waals surface area contributed by atoms with Gasteiger partial charge in [0.15, 0.2) is 17.6 Å². The van der Waals surface area contributed by atoms with Crippen molar-refractivity contribution >= 4 is 17.5 Å². The molecule has 1 atom stereocenters. The maximum Gasteiger partial charge on any atom is 0.261 e. The fourth-order valence-corrected chi connectivity index (χ4v) is 2.41. The van der Waals surface area contributed by atoms with Crippen molar-refractivity contribution in [2.45, 2.75) is 25.9 Å². The fraction of sp³-hybridized carbons (Fsp3) is 0.316. The minimum atomic E-state index is -0.550. The lowest BCUT2D eigenvalue weighted by atomic mass is 10.1. The van der Waals surface area contributed by atoms with E-state index >= 15 is 0 Å². The molecule has 0 saturated heterocycles. The van der Waals surface area contributed by atoms with Crippen molar-refractivity contribution < 1.29 is 14.3 Å². The monoisotopic (exact) mass is 347 g/mol. The van der Waals surface area contributed by atoms with Crippen molar-refractivity contribution in [2.75, 3.05) is 13.7 Å². The summed E-state index contributed by atoms with van der Waals surface area (Å²) >= 11 is 5.86. The van der Waals surface area contributed by atoms with E-state index in [1.807, 2.05) is 43.3 Å². The Morgan fingerprint density at radius 3 is 2.42 bits per heavy atom. The predicted molar refractivity (Wildman–Crippen MR) is 95.9 cm³/mol. The average Bonchev–Trinajstić information content (AvgIpc) is 2.61. The number of hydrogen-bond acceptors (Lipinski definition) is 3. The molecule has 0 aliphatic carbocycles. The lowest BCUT2D eigenvalue weighted by Gasteiger charge is -2.18. The molecule has 0 radical (unpaired) electrons. The molecule has 0 bridgehead atoms. The molecule has 0 aliphatic rings. The molecule has 0 fully saturated rings. The van der Waals surface area contributed by atoms with Crippen LogP contribution in [0.2, 0.25) is 5.02 Å². The normalized spacial score (nSPS) is 11.6. The van der Waals surface area contributed by atoms with E-state index in [1.165, 1.54) is 0 Å². The van der Waals surface area contributed by atoms with Crippen LogP contribution in [0.3, 0.4) is 0 Å². The Hall–Kier alpha value is -2.20. The van der Waals surface area contributed by atoms with Gasteiger partial charge in [-0.3, -0.25) is 4.79 Å². The van der Waals surface area contributed by atoms with E-state index in [1.54, 1.807) is 19.2 Å². The Kier molecular flexibility index (Phi) is 6.94. The van der Waals surface area contributed by atoms with Crippen molar-refractivity contribution in [1.82, 2.24) is 5.32 Å². The highest BCUT2D eigenvalue weighted by atomic mass is 35.5. The van der Waals surface area contributed by atoms with Gasteiger partial charge in [-0.2, -0.15) is 0 Å². The zero-order valence-corrected chi connectivity index (χ0v) is 14.7. The number of benzene rings is 2. The van der Waals surface area contributed by atoms with Crippen LogP contribution < -0.4 is 14.8 Å². The van der Waals surface area contributed by atoms with Crippen LogP contribution in [0.5, 0.6) is 11.5 Å². The SMILES string of the molecule is CC[C@H](Oc1ccccc1OC)C(=O)NCCc1ccc(Cl)cc1. The second kappa shape index (κ2) is 9.18. The molecule has 0 spiro atoms. The van der Waals surface area contributed by atoms with Gasteiger partial charge in [-0.15, -0.1) is 0 Å². The number of carbonyl (C=O) groups is 1. The summed E-state index contributed by atoms with van der Waals surface area (Å²) in [7, 11) is 1.58. The quantitative estimate of drug-likeness (QED) is 0.788. The number of methoxy groups -OCH3 is 1. The molecule has 24 heavy (non-hydrogen) atoms. The van der Waals surface area contributed by atoms with Gasteiger partial charge >= 0.3 is 0 Å². The molecule has 1 amide bonds. The van der Waals surface area contributed by atoms with Crippen LogP contribution in [0.1, 0.15) is 18.9 Å². The summed E-state index contributed by atoms with van der Waals surface area (Å²) in [6, 6.07) is 14.9. The maximum absolute atomic E-state index is 12.3. The van der Waals surface area contributed by atoms with Crippen molar-refractivity contribution in [3.8, 4) is 11.5 Å². The molecule has 4 nitrogen and oxygen atoms in total. The first-order chi connectivity index (χ1) is 11.6. The number of ether oxygens (including phenoxy) is 2. The van der Waals surface area contributed by atoms with E-state index in [0.29, 0.717) is 29.5 Å². The molecule has 0 aromatic heterocycles. The minimum Gasteiger partial charge on any atom is -0.493 e. The smallest absolute Gasteiger partial charge is 0.261 e. The van der Waals surface area contributed by atoms with Gasteiger partial charge in [0, 0.05) is 11.6 Å². The van der Waals surface area contributed by atoms with E-state index in [2.05, 4.69) is 5.32 Å². The maximum atomic E-state index is 12.3. The Morgan fingerprint density at radius 2 is 1.79 bits per heavy atom. The Balaban J connectivity index is 1.88. The summed E-state index contributed by atoms with van der Waals surface area (Å²) in [5.74, 6) is 1.06. The van der Waals surface area contributed by atoms with Crippen molar-refractivity contribution in [3.63, 3.8) is 0 Å². The molecule has 5 heteroatoms. The standard InChI is InChI=1S/C19H22ClNO3/c1-3-16(24-18-7-5-4-6-17(18)23-2)19(22)21-13-12-14-8-10-15(20)11-9-14/h4-11,16H,3,12-13H2,1-2H3,(H,21,22)/t16-/m0/s1. The summed E-state index contributed by atoms with van der Waals surface area (Å²) in [5.41, 5.74) is 1.12. The van der Waals surface area contributed by atoms with Crippen molar-refractivity contribution in [3.05, 3.63) is 59.1 Å². The number of rotatable bonds is 8. The zero-order valence-electron chi connectivity index (χ0n) is 13.9. The molecular formula is C19H22ClNO3. The fourth-order valence-electron chi connectivity index (χ4n) is 2.29. The van der Waals surface area contributed by atoms with E-state index in [-0.39, 0.29) is 5.91 Å². The Bertz CT molecular complexity index is 658. The Morgan fingerprint density at radius 1 is 1.12 bits per heavy atom. The molecule has 0 heterocycles. The molecular weight excluding hydrogens is 326 g/mol. The van der Waals surface area contributed by atoms with Gasteiger partial charge < -0.3 is 14.8 Å². The van der Waals surface area contributed by atoms with Crippen LogP contribution >= 0.6 is 11.6 Å². The second-order valence-electron chi connectivity index (χ2n) is 5.33. The van der Waals surface area contributed by atoms with Crippen LogP contribution in [0.25, 0.3) is 0 Å². The predicted octanol–water partition coefficient (Wildman–Crippen LogP) is 3.86. The van der Waals surface area contributed by atoms with Crippen LogP contribution in [-0.4, -0.2) is 25.7 Å². The van der Waals surface area contributed by atoms with E-state index in [0.717, 1.165) is 12.0 Å². The lowest BCUT2D eigenvalue weighted by Crippen LogP contribution is -2.39. The molecule has 0 unspecified atom stereocenters. The topological polar surface area (TPSA) is 47.6 Å². The molecule has 128 valence electrons. The van der Waals surface area contributed by atoms with Gasteiger partial charge in [-0.05, 0) is 42.7 Å². The highest BCUT2D eigenvalue weighted by molar-refractivity contribution is 6.30. The van der Waals surface area contributed by atoms with E-state index in [4.69, 9.17) is 21.1 Å². The first-order valence-corrected chi connectivity index (χ1v) is 8.33. The van der Waals surface area contributed by atoms with Gasteiger partial charge in [-0.25, -0.2) is 0 Å². The summed E-state index contributed by atoms with van der Waals surface area (Å²) in [6.07, 6.45) is 0.769. The first kappa shape index (κ1) is 18.1. The third kappa shape index (κ3) is 5.17. The molecule has 0 aliphatic heterocycles. The molecule has 2 aromatic rings. The highest BCUT2D eigenvalue weighted by Crippen LogP contribution is 2.27. The third-order valence-corrected chi connectivity index (χ3v) is 3.88. The van der Waals surface area contributed by atoms with Gasteiger partial charge in [0.1, 0.15) is 0 Å². The van der Waals surface area contributed by atoms with Crippen molar-refractivity contribution in [1.29, 1.82) is 0 Å². The summed E-state index contributed by atoms with van der Waals surface area (Å²) in [5, 5.41) is 3.62. The van der Waals surface area contributed by atoms with E-state index < -0.39 is 6.10 Å². The summed E-state index contributed by atoms with van der Waals surface area (Å²) in [4.78, 5) is 12.3. The minimum absolute atomic E-state index is 0.127. The van der Waals surface area contributed by atoms with Gasteiger partial charge in [0.2, 0.25) is 0 Å². The summed E-state index contributed by atoms with van der Waals surface area (Å²) < 4.78 is 11.1. The van der Waals surface area contributed by atoms with Crippen molar-refractivity contribution in [2.24, 2.45) is 0 Å². The number of hydrogen-bond donors (Lipinski definition) is 1. The van der Waals surface area contributed by atoms with Gasteiger partial charge in [0.25, 0.3) is 5.91 Å². The molecule has 2 rings (SSSR count). The first-order valence-electron chi connectivity index (χ1n) is 7.96. The number of halogens is 1. The third-order valence-electron chi connectivity index (χ3n) is 3.63. The van der Waals surface area contributed by atoms with Crippen LogP contribution in [0, 0.1) is 0 Å².